The fraction of sp³-hybridized carbons (Fsp3) is 0.545. The molecule has 104 valence electrons. The van der Waals surface area contributed by atoms with Crippen LogP contribution in [-0.4, -0.2) is 36.7 Å². The van der Waals surface area contributed by atoms with Crippen molar-refractivity contribution in [3.63, 3.8) is 0 Å². The molecule has 2 heterocycles. The number of nitrogens with zero attached hydrogens (tertiary/aromatic N) is 2. The number of piperidine rings is 1. The lowest BCUT2D eigenvalue weighted by atomic mass is 10.1. The summed E-state index contributed by atoms with van der Waals surface area (Å²) in [7, 11) is -3.50. The van der Waals surface area contributed by atoms with Gasteiger partial charge in [0.05, 0.1) is 10.7 Å². The zero-order chi connectivity index (χ0) is 13.9. The minimum Gasteiger partial charge on any atom is -0.313 e. The van der Waals surface area contributed by atoms with Crippen LogP contribution in [-0.2, 0) is 9.84 Å². The van der Waals surface area contributed by atoms with Crippen LogP contribution < -0.4 is 5.32 Å². The maximum atomic E-state index is 12.1. The summed E-state index contributed by atoms with van der Waals surface area (Å²) >= 11 is 0. The predicted octanol–water partition coefficient (Wildman–Crippen LogP) is 0.906. The van der Waals surface area contributed by atoms with Gasteiger partial charge >= 0.3 is 0 Å². The Bertz CT molecular complexity index is 550. The van der Waals surface area contributed by atoms with Crippen molar-refractivity contribution >= 4 is 15.5 Å². The van der Waals surface area contributed by atoms with Crippen molar-refractivity contribution in [2.24, 2.45) is 0 Å². The van der Waals surface area contributed by atoms with E-state index < -0.39 is 14.8 Å². The van der Waals surface area contributed by atoms with E-state index in [2.05, 4.69) is 10.3 Å². The number of hydrogen-bond acceptors (Lipinski definition) is 6. The molecule has 1 saturated heterocycles. The molecule has 0 unspecified atom stereocenters. The van der Waals surface area contributed by atoms with Gasteiger partial charge in [0.1, 0.15) is 6.20 Å². The second-order valence-corrected chi connectivity index (χ2v) is 6.52. The molecular formula is C11H15N3O4S. The Hall–Kier alpha value is -1.54. The number of nitrogens with one attached hydrogen (secondary N) is 1. The lowest BCUT2D eigenvalue weighted by Crippen LogP contribution is -2.39. The summed E-state index contributed by atoms with van der Waals surface area (Å²) < 4.78 is 24.2. The summed E-state index contributed by atoms with van der Waals surface area (Å²) in [6, 6.07) is 2.29. The summed E-state index contributed by atoms with van der Waals surface area (Å²) in [6.07, 6.45) is 3.88. The molecule has 7 nitrogen and oxygen atoms in total. The van der Waals surface area contributed by atoms with Crippen LogP contribution in [0, 0.1) is 10.1 Å². The van der Waals surface area contributed by atoms with Crippen molar-refractivity contribution < 1.29 is 13.3 Å². The summed E-state index contributed by atoms with van der Waals surface area (Å²) in [5.41, 5.74) is -0.213. The van der Waals surface area contributed by atoms with Gasteiger partial charge in [-0.25, -0.2) is 13.4 Å². The lowest BCUT2D eigenvalue weighted by molar-refractivity contribution is -0.385. The molecule has 0 aromatic carbocycles. The van der Waals surface area contributed by atoms with E-state index in [9.17, 15) is 18.5 Å². The summed E-state index contributed by atoms with van der Waals surface area (Å²) in [4.78, 5) is 13.6. The van der Waals surface area contributed by atoms with Crippen LogP contribution in [0.3, 0.4) is 0 Å². The first-order valence-corrected chi connectivity index (χ1v) is 7.71. The van der Waals surface area contributed by atoms with Crippen molar-refractivity contribution in [3.8, 4) is 0 Å². The molecule has 1 aliphatic rings. The molecule has 0 aliphatic carbocycles. The highest BCUT2D eigenvalue weighted by atomic mass is 32.2. The van der Waals surface area contributed by atoms with E-state index in [1.807, 2.05) is 0 Å². The Balaban J connectivity index is 2.12. The lowest BCUT2D eigenvalue weighted by Gasteiger charge is -2.22. The molecule has 19 heavy (non-hydrogen) atoms. The van der Waals surface area contributed by atoms with E-state index in [1.165, 1.54) is 6.07 Å². The Morgan fingerprint density at radius 2 is 2.21 bits per heavy atom. The number of rotatable bonds is 4. The number of hydrogen-bond donors (Lipinski definition) is 1. The van der Waals surface area contributed by atoms with E-state index in [-0.39, 0.29) is 22.5 Å². The highest BCUT2D eigenvalue weighted by Gasteiger charge is 2.24. The molecule has 1 aromatic heterocycles. The first-order valence-electron chi connectivity index (χ1n) is 6.05. The van der Waals surface area contributed by atoms with Crippen LogP contribution in [0.1, 0.15) is 19.3 Å². The Kier molecular flexibility index (Phi) is 4.11. The van der Waals surface area contributed by atoms with Crippen LogP contribution in [0.15, 0.2) is 23.4 Å². The molecule has 8 heteroatoms. The smallest absolute Gasteiger partial charge is 0.287 e. The molecule has 1 aromatic rings. The van der Waals surface area contributed by atoms with Gasteiger partial charge in [0.15, 0.2) is 14.9 Å². The van der Waals surface area contributed by atoms with Crippen LogP contribution in [0.2, 0.25) is 0 Å². The number of sulfone groups is 1. The maximum Gasteiger partial charge on any atom is 0.287 e. The van der Waals surface area contributed by atoms with Crippen LogP contribution in [0.25, 0.3) is 0 Å². The van der Waals surface area contributed by atoms with Crippen LogP contribution >= 0.6 is 0 Å². The molecule has 0 bridgehead atoms. The summed E-state index contributed by atoms with van der Waals surface area (Å²) in [6.45, 7) is 0.827. The van der Waals surface area contributed by atoms with Gasteiger partial charge in [-0.05, 0) is 25.5 Å². The van der Waals surface area contributed by atoms with Crippen LogP contribution in [0.5, 0.6) is 0 Å². The molecule has 0 spiro atoms. The SMILES string of the molecule is O=[N+]([O-])c1ccc(S(=O)(=O)C[C@@H]2CCCCN2)nc1. The van der Waals surface area contributed by atoms with Gasteiger partial charge in [-0.2, -0.15) is 0 Å². The molecule has 1 fully saturated rings. The topological polar surface area (TPSA) is 102 Å². The highest BCUT2D eigenvalue weighted by molar-refractivity contribution is 7.91. The van der Waals surface area contributed by atoms with E-state index in [4.69, 9.17) is 0 Å². The highest BCUT2D eigenvalue weighted by Crippen LogP contribution is 2.16. The Labute approximate surface area is 111 Å². The molecule has 0 amide bonds. The third-order valence-electron chi connectivity index (χ3n) is 3.08. The van der Waals surface area contributed by atoms with Crippen molar-refractivity contribution in [3.05, 3.63) is 28.4 Å². The minimum absolute atomic E-state index is 0.0161. The van der Waals surface area contributed by atoms with Gasteiger partial charge in [0.2, 0.25) is 0 Å². The number of pyridine rings is 1. The summed E-state index contributed by atoms with van der Waals surface area (Å²) in [5.74, 6) is -0.0161. The molecule has 1 N–H and O–H groups in total. The second kappa shape index (κ2) is 5.62. The zero-order valence-corrected chi connectivity index (χ0v) is 11.1. The van der Waals surface area contributed by atoms with Gasteiger partial charge in [-0.15, -0.1) is 0 Å². The molecular weight excluding hydrogens is 270 g/mol. The number of nitro groups is 1. The molecule has 1 aliphatic heterocycles. The summed E-state index contributed by atoms with van der Waals surface area (Å²) in [5, 5.41) is 13.5. The number of aromatic nitrogens is 1. The van der Waals surface area contributed by atoms with Gasteiger partial charge in [-0.3, -0.25) is 10.1 Å². The fourth-order valence-corrected chi connectivity index (χ4v) is 3.55. The second-order valence-electron chi connectivity index (χ2n) is 4.54. The van der Waals surface area contributed by atoms with E-state index in [1.54, 1.807) is 0 Å². The zero-order valence-electron chi connectivity index (χ0n) is 10.3. The van der Waals surface area contributed by atoms with Gasteiger partial charge in [0.25, 0.3) is 5.69 Å². The minimum atomic E-state index is -3.50. The average molecular weight is 285 g/mol. The molecule has 2 rings (SSSR count). The largest absolute Gasteiger partial charge is 0.313 e. The third kappa shape index (κ3) is 3.48. The van der Waals surface area contributed by atoms with Crippen LogP contribution in [0.4, 0.5) is 5.69 Å². The van der Waals surface area contributed by atoms with Gasteiger partial charge < -0.3 is 5.32 Å². The van der Waals surface area contributed by atoms with E-state index >= 15 is 0 Å². The van der Waals surface area contributed by atoms with Gasteiger partial charge in [0, 0.05) is 12.1 Å². The quantitative estimate of drug-likeness (QED) is 0.651. The third-order valence-corrected chi connectivity index (χ3v) is 4.80. The normalized spacial score (nSPS) is 20.1. The molecule has 0 saturated carbocycles. The monoisotopic (exact) mass is 285 g/mol. The van der Waals surface area contributed by atoms with Gasteiger partial charge in [-0.1, -0.05) is 6.42 Å². The maximum absolute atomic E-state index is 12.1. The van der Waals surface area contributed by atoms with E-state index in [0.717, 1.165) is 38.1 Å². The van der Waals surface area contributed by atoms with Crippen molar-refractivity contribution in [2.45, 2.75) is 30.3 Å². The first-order chi connectivity index (χ1) is 8.99. The van der Waals surface area contributed by atoms with Crippen molar-refractivity contribution in [1.29, 1.82) is 0 Å². The van der Waals surface area contributed by atoms with Crippen molar-refractivity contribution in [1.82, 2.24) is 10.3 Å². The van der Waals surface area contributed by atoms with Crippen molar-refractivity contribution in [2.75, 3.05) is 12.3 Å². The predicted molar refractivity (Wildman–Crippen MR) is 68.6 cm³/mol. The molecule has 1 atom stereocenters. The Morgan fingerprint density at radius 1 is 1.42 bits per heavy atom. The fourth-order valence-electron chi connectivity index (χ4n) is 2.08. The molecule has 0 radical (unpaired) electrons. The van der Waals surface area contributed by atoms with E-state index in [0.29, 0.717) is 0 Å². The Morgan fingerprint density at radius 3 is 2.74 bits per heavy atom. The first kappa shape index (κ1) is 13.9. The standard InChI is InChI=1S/C11H15N3O4S/c15-14(16)10-4-5-11(13-7-10)19(17,18)8-9-3-1-2-6-12-9/h4-5,7,9,12H,1-3,6,8H2/t9-/m0/s1. The average Bonchev–Trinajstić information content (AvgIpc) is 2.39.